The number of rotatable bonds is 6. The largest absolute Gasteiger partial charge is 0.413 e. The lowest BCUT2D eigenvalue weighted by molar-refractivity contribution is 0.344. The highest BCUT2D eigenvalue weighted by Crippen LogP contribution is 2.15. The molecule has 8 N–H and O–H groups in total. The molecule has 0 unspecified atom stereocenters. The van der Waals surface area contributed by atoms with Gasteiger partial charge in [-0.05, 0) is 27.7 Å². The Bertz CT molecular complexity index is 622. The summed E-state index contributed by atoms with van der Waals surface area (Å²) in [4.78, 5) is 0. The molecular weight excluding hydrogens is 356 g/mol. The SMILES string of the molecule is CC(C)(/N=N/C(C)(C)C(=N)N)C(=N)N.O=S(=O)(O)OS(=O)(=O)O. The fraction of sp³-hybridized carbons (Fsp3) is 0.750. The molecule has 0 heterocycles. The Hall–Kier alpha value is -1.68. The van der Waals surface area contributed by atoms with Crippen molar-refractivity contribution in [3.63, 3.8) is 0 Å². The summed E-state index contributed by atoms with van der Waals surface area (Å²) in [5.74, 6) is -0.138. The van der Waals surface area contributed by atoms with E-state index in [0.29, 0.717) is 0 Å². The highest BCUT2D eigenvalue weighted by atomic mass is 32.3. The fourth-order valence-corrected chi connectivity index (χ4v) is 1.34. The standard InChI is InChI=1S/C8H18N6.H2O7S2/c1-7(2,5(9)10)13-14-8(3,4)6(11)12;1-8(2,3)7-9(4,5)6/h1-4H3,(H3,9,10)(H3,11,12);(H,1,2,3)(H,4,5,6)/b14-13+;. The highest BCUT2D eigenvalue weighted by molar-refractivity contribution is 7.94. The van der Waals surface area contributed by atoms with Crippen LogP contribution in [0.25, 0.3) is 0 Å². The van der Waals surface area contributed by atoms with E-state index in [1.165, 1.54) is 0 Å². The second-order valence-electron chi connectivity index (χ2n) is 5.07. The number of hydrogen-bond donors (Lipinski definition) is 6. The van der Waals surface area contributed by atoms with Crippen molar-refractivity contribution < 1.29 is 29.6 Å². The van der Waals surface area contributed by atoms with E-state index in [1.807, 2.05) is 0 Å². The lowest BCUT2D eigenvalue weighted by Crippen LogP contribution is -2.38. The molecule has 0 radical (unpaired) electrons. The summed E-state index contributed by atoms with van der Waals surface area (Å²) in [5.41, 5.74) is 8.96. The average Bonchev–Trinajstić information content (AvgIpc) is 2.22. The molecule has 0 aromatic rings. The number of nitrogens with two attached hydrogens (primary N) is 2. The van der Waals surface area contributed by atoms with Crippen molar-refractivity contribution in [2.24, 2.45) is 21.7 Å². The van der Waals surface area contributed by atoms with Gasteiger partial charge in [-0.1, -0.05) is 0 Å². The molecule has 0 aromatic carbocycles. The van der Waals surface area contributed by atoms with E-state index in [0.717, 1.165) is 0 Å². The maximum atomic E-state index is 9.44. The van der Waals surface area contributed by atoms with E-state index in [2.05, 4.69) is 13.9 Å². The van der Waals surface area contributed by atoms with Crippen LogP contribution in [-0.2, 0) is 24.4 Å². The average molecular weight is 376 g/mol. The number of hydrogen-bond acceptors (Lipinski definition) is 9. The van der Waals surface area contributed by atoms with Gasteiger partial charge < -0.3 is 11.5 Å². The first-order valence-corrected chi connectivity index (χ1v) is 8.32. The van der Waals surface area contributed by atoms with E-state index in [4.69, 9.17) is 31.4 Å². The first-order chi connectivity index (χ1) is 9.80. The zero-order chi connectivity index (χ0) is 19.3. The highest BCUT2D eigenvalue weighted by Gasteiger charge is 2.25. The third-order valence-corrected chi connectivity index (χ3v) is 3.42. The van der Waals surface area contributed by atoms with Gasteiger partial charge in [0, 0.05) is 0 Å². The van der Waals surface area contributed by atoms with Crippen molar-refractivity contribution in [1.82, 2.24) is 0 Å². The summed E-state index contributed by atoms with van der Waals surface area (Å²) in [7, 11) is -10.2. The monoisotopic (exact) mass is 376 g/mol. The smallest absolute Gasteiger partial charge is 0.386 e. The summed E-state index contributed by atoms with van der Waals surface area (Å²) in [5, 5.41) is 22.3. The third-order valence-electron chi connectivity index (χ3n) is 2.04. The minimum Gasteiger partial charge on any atom is -0.386 e. The predicted molar refractivity (Wildman–Crippen MR) is 81.0 cm³/mol. The van der Waals surface area contributed by atoms with Crippen LogP contribution in [0.15, 0.2) is 10.2 Å². The van der Waals surface area contributed by atoms with E-state index < -0.39 is 31.9 Å². The fourth-order valence-electron chi connectivity index (χ4n) is 0.466. The molecule has 0 aliphatic rings. The molecule has 0 fully saturated rings. The van der Waals surface area contributed by atoms with Gasteiger partial charge in [-0.15, -0.1) is 3.63 Å². The van der Waals surface area contributed by atoms with Gasteiger partial charge in [0.05, 0.1) is 0 Å². The molecule has 0 aliphatic carbocycles. The third kappa shape index (κ3) is 12.5. The Morgan fingerprint density at radius 2 is 1.09 bits per heavy atom. The molecule has 0 saturated heterocycles. The van der Waals surface area contributed by atoms with Crippen LogP contribution in [0, 0.1) is 10.8 Å². The topological polar surface area (TPSA) is 242 Å². The molecule has 0 aliphatic heterocycles. The summed E-state index contributed by atoms with van der Waals surface area (Å²) in [6.45, 7) is 6.70. The van der Waals surface area contributed by atoms with Crippen LogP contribution in [0.3, 0.4) is 0 Å². The molecule has 15 heteroatoms. The van der Waals surface area contributed by atoms with Crippen LogP contribution in [0.5, 0.6) is 0 Å². The lowest BCUT2D eigenvalue weighted by atomic mass is 10.1. The molecule has 0 bridgehead atoms. The van der Waals surface area contributed by atoms with Gasteiger partial charge in [0.1, 0.15) is 22.7 Å². The minimum atomic E-state index is -5.12. The van der Waals surface area contributed by atoms with Crippen LogP contribution in [-0.4, -0.2) is 48.7 Å². The molecular formula is C8H20N6O7S2. The van der Waals surface area contributed by atoms with Crippen LogP contribution in [0.2, 0.25) is 0 Å². The Balaban J connectivity index is 0. The zero-order valence-corrected chi connectivity index (χ0v) is 14.4. The molecule has 0 saturated carbocycles. The molecule has 0 aromatic heterocycles. The predicted octanol–water partition coefficient (Wildman–Crippen LogP) is -0.524. The molecule has 0 rings (SSSR count). The Morgan fingerprint density at radius 3 is 1.17 bits per heavy atom. The summed E-state index contributed by atoms with van der Waals surface area (Å²) >= 11 is 0. The van der Waals surface area contributed by atoms with Gasteiger partial charge in [0.2, 0.25) is 0 Å². The summed E-state index contributed by atoms with van der Waals surface area (Å²) < 4.78 is 55.6. The first kappa shape index (κ1) is 23.6. The molecule has 13 nitrogen and oxygen atoms in total. The van der Waals surface area contributed by atoms with Gasteiger partial charge >= 0.3 is 20.8 Å². The molecule has 0 spiro atoms. The van der Waals surface area contributed by atoms with Crippen molar-refractivity contribution in [3.8, 4) is 0 Å². The zero-order valence-electron chi connectivity index (χ0n) is 12.8. The van der Waals surface area contributed by atoms with Crippen molar-refractivity contribution in [2.75, 3.05) is 0 Å². The summed E-state index contributed by atoms with van der Waals surface area (Å²) in [6.07, 6.45) is 0. The maximum Gasteiger partial charge on any atom is 0.413 e. The second kappa shape index (κ2) is 7.73. The Labute approximate surface area is 134 Å². The second-order valence-corrected chi connectivity index (χ2v) is 7.32. The Kier molecular flexibility index (Phi) is 7.93. The summed E-state index contributed by atoms with van der Waals surface area (Å²) in [6, 6.07) is 0. The first-order valence-electron chi connectivity index (χ1n) is 5.59. The quantitative estimate of drug-likeness (QED) is 0.151. The Morgan fingerprint density at radius 1 is 0.870 bits per heavy atom. The normalized spacial score (nSPS) is 13.3. The van der Waals surface area contributed by atoms with E-state index in [-0.39, 0.29) is 11.7 Å². The van der Waals surface area contributed by atoms with Crippen molar-refractivity contribution in [1.29, 1.82) is 10.8 Å². The van der Waals surface area contributed by atoms with Crippen LogP contribution in [0.4, 0.5) is 0 Å². The number of azo groups is 1. The van der Waals surface area contributed by atoms with E-state index in [1.54, 1.807) is 27.7 Å². The van der Waals surface area contributed by atoms with Crippen molar-refractivity contribution in [3.05, 3.63) is 0 Å². The van der Waals surface area contributed by atoms with Gasteiger partial charge in [0.15, 0.2) is 0 Å². The van der Waals surface area contributed by atoms with Gasteiger partial charge in [-0.2, -0.15) is 27.1 Å². The van der Waals surface area contributed by atoms with Crippen molar-refractivity contribution in [2.45, 2.75) is 38.8 Å². The number of nitrogens with zero attached hydrogens (tertiary/aromatic N) is 2. The minimum absolute atomic E-state index is 0.0689. The lowest BCUT2D eigenvalue weighted by Gasteiger charge is -2.20. The molecule has 0 atom stereocenters. The van der Waals surface area contributed by atoms with Gasteiger partial charge in [-0.3, -0.25) is 19.9 Å². The molecule has 23 heavy (non-hydrogen) atoms. The maximum absolute atomic E-state index is 9.44. The molecule has 136 valence electrons. The van der Waals surface area contributed by atoms with Gasteiger partial charge in [-0.25, -0.2) is 0 Å². The van der Waals surface area contributed by atoms with Crippen LogP contribution < -0.4 is 11.5 Å². The number of nitrogens with one attached hydrogen (secondary N) is 2. The van der Waals surface area contributed by atoms with Crippen LogP contribution >= 0.6 is 0 Å². The van der Waals surface area contributed by atoms with E-state index in [9.17, 15) is 16.8 Å². The number of amidine groups is 2. The molecule has 0 amide bonds. The van der Waals surface area contributed by atoms with E-state index >= 15 is 0 Å². The van der Waals surface area contributed by atoms with Crippen molar-refractivity contribution >= 4 is 32.5 Å². The van der Waals surface area contributed by atoms with Gasteiger partial charge in [0.25, 0.3) is 0 Å². The van der Waals surface area contributed by atoms with Crippen LogP contribution in [0.1, 0.15) is 27.7 Å².